The molecule has 1 saturated carbocycles. The summed E-state index contributed by atoms with van der Waals surface area (Å²) in [6.45, 7) is 4.84. The van der Waals surface area contributed by atoms with E-state index in [0.29, 0.717) is 19.1 Å². The van der Waals surface area contributed by atoms with E-state index >= 15 is 0 Å². The first kappa shape index (κ1) is 13.0. The SMILES string of the molecule is CC(C)(CN)C(=O)N(Cc1cccnc1)C1CC1. The van der Waals surface area contributed by atoms with Gasteiger partial charge >= 0.3 is 0 Å². The van der Waals surface area contributed by atoms with Crippen LogP contribution >= 0.6 is 0 Å². The Morgan fingerprint density at radius 1 is 1.56 bits per heavy atom. The van der Waals surface area contributed by atoms with Gasteiger partial charge in [0, 0.05) is 31.5 Å². The maximum Gasteiger partial charge on any atom is 0.230 e. The van der Waals surface area contributed by atoms with E-state index in [1.807, 2.05) is 37.1 Å². The van der Waals surface area contributed by atoms with Crippen LogP contribution < -0.4 is 5.73 Å². The largest absolute Gasteiger partial charge is 0.335 e. The second-order valence-corrected chi connectivity index (χ2v) is 5.61. The lowest BCUT2D eigenvalue weighted by Crippen LogP contribution is -2.45. The summed E-state index contributed by atoms with van der Waals surface area (Å²) in [5.41, 5.74) is 6.29. The van der Waals surface area contributed by atoms with Gasteiger partial charge in [0.25, 0.3) is 0 Å². The first-order valence-corrected chi connectivity index (χ1v) is 6.44. The van der Waals surface area contributed by atoms with Gasteiger partial charge in [-0.05, 0) is 38.3 Å². The van der Waals surface area contributed by atoms with E-state index in [-0.39, 0.29) is 5.91 Å². The van der Waals surface area contributed by atoms with Crippen molar-refractivity contribution in [3.63, 3.8) is 0 Å². The molecular weight excluding hydrogens is 226 g/mol. The molecule has 0 aromatic carbocycles. The highest BCUT2D eigenvalue weighted by atomic mass is 16.2. The van der Waals surface area contributed by atoms with E-state index in [2.05, 4.69) is 4.98 Å². The van der Waals surface area contributed by atoms with Gasteiger partial charge in [-0.3, -0.25) is 9.78 Å². The van der Waals surface area contributed by atoms with Gasteiger partial charge in [-0.15, -0.1) is 0 Å². The molecule has 1 fully saturated rings. The molecule has 98 valence electrons. The molecule has 2 N–H and O–H groups in total. The second kappa shape index (κ2) is 5.06. The maximum absolute atomic E-state index is 12.5. The third-order valence-corrected chi connectivity index (χ3v) is 3.41. The van der Waals surface area contributed by atoms with Crippen molar-refractivity contribution < 1.29 is 4.79 Å². The quantitative estimate of drug-likeness (QED) is 0.859. The molecule has 1 aliphatic rings. The summed E-state index contributed by atoms with van der Waals surface area (Å²) in [4.78, 5) is 18.6. The Balaban J connectivity index is 2.12. The third-order valence-electron chi connectivity index (χ3n) is 3.41. The summed E-state index contributed by atoms with van der Waals surface area (Å²) in [6, 6.07) is 4.30. The summed E-state index contributed by atoms with van der Waals surface area (Å²) in [6.07, 6.45) is 5.77. The molecule has 1 aromatic heterocycles. The molecule has 4 nitrogen and oxygen atoms in total. The van der Waals surface area contributed by atoms with Crippen LogP contribution in [0.2, 0.25) is 0 Å². The summed E-state index contributed by atoms with van der Waals surface area (Å²) in [7, 11) is 0. The zero-order valence-corrected chi connectivity index (χ0v) is 11.1. The average Bonchev–Trinajstić information content (AvgIpc) is 3.20. The lowest BCUT2D eigenvalue weighted by atomic mass is 9.91. The fourth-order valence-electron chi connectivity index (χ4n) is 1.92. The van der Waals surface area contributed by atoms with Gasteiger partial charge in [-0.25, -0.2) is 0 Å². The molecule has 0 radical (unpaired) electrons. The van der Waals surface area contributed by atoms with Crippen LogP contribution in [0.15, 0.2) is 24.5 Å². The van der Waals surface area contributed by atoms with Gasteiger partial charge in [0.05, 0.1) is 5.41 Å². The lowest BCUT2D eigenvalue weighted by Gasteiger charge is -2.31. The molecule has 0 spiro atoms. The molecule has 1 amide bonds. The highest BCUT2D eigenvalue weighted by molar-refractivity contribution is 5.82. The highest BCUT2D eigenvalue weighted by Gasteiger charge is 2.38. The highest BCUT2D eigenvalue weighted by Crippen LogP contribution is 2.32. The van der Waals surface area contributed by atoms with Crippen LogP contribution in [0.1, 0.15) is 32.3 Å². The van der Waals surface area contributed by atoms with Crippen LogP contribution in [0, 0.1) is 5.41 Å². The average molecular weight is 247 g/mol. The molecule has 0 aliphatic heterocycles. The van der Waals surface area contributed by atoms with Crippen molar-refractivity contribution in [1.29, 1.82) is 0 Å². The normalized spacial score (nSPS) is 15.5. The van der Waals surface area contributed by atoms with E-state index in [1.165, 1.54) is 0 Å². The number of amides is 1. The van der Waals surface area contributed by atoms with Gasteiger partial charge in [-0.1, -0.05) is 6.07 Å². The molecule has 18 heavy (non-hydrogen) atoms. The number of aromatic nitrogens is 1. The first-order valence-electron chi connectivity index (χ1n) is 6.44. The Bertz CT molecular complexity index is 412. The minimum absolute atomic E-state index is 0.149. The molecule has 4 heteroatoms. The second-order valence-electron chi connectivity index (χ2n) is 5.61. The summed E-state index contributed by atoms with van der Waals surface area (Å²) in [5.74, 6) is 0.149. The molecule has 1 aromatic rings. The summed E-state index contributed by atoms with van der Waals surface area (Å²) < 4.78 is 0. The van der Waals surface area contributed by atoms with Crippen LogP contribution in [0.3, 0.4) is 0 Å². The van der Waals surface area contributed by atoms with Gasteiger partial charge in [0.15, 0.2) is 0 Å². The van der Waals surface area contributed by atoms with Crippen LogP contribution in [-0.4, -0.2) is 28.4 Å². The molecular formula is C14H21N3O. The summed E-state index contributed by atoms with van der Waals surface area (Å²) >= 11 is 0. The first-order chi connectivity index (χ1) is 8.54. The topological polar surface area (TPSA) is 59.2 Å². The number of pyridine rings is 1. The number of rotatable bonds is 5. The van der Waals surface area contributed by atoms with Gasteiger partial charge < -0.3 is 10.6 Å². The lowest BCUT2D eigenvalue weighted by molar-refractivity contribution is -0.141. The predicted molar refractivity (Wildman–Crippen MR) is 70.6 cm³/mol. The maximum atomic E-state index is 12.5. The minimum atomic E-state index is -0.481. The van der Waals surface area contributed by atoms with Crippen LogP contribution in [0.4, 0.5) is 0 Å². The monoisotopic (exact) mass is 247 g/mol. The van der Waals surface area contributed by atoms with Crippen molar-refractivity contribution in [2.45, 2.75) is 39.3 Å². The molecule has 0 atom stereocenters. The van der Waals surface area contributed by atoms with E-state index in [4.69, 9.17) is 5.73 Å². The van der Waals surface area contributed by atoms with Crippen molar-refractivity contribution in [3.05, 3.63) is 30.1 Å². The number of hydrogen-bond donors (Lipinski definition) is 1. The standard InChI is InChI=1S/C14H21N3O/c1-14(2,10-15)13(18)17(12-5-6-12)9-11-4-3-7-16-8-11/h3-4,7-8,12H,5-6,9-10,15H2,1-2H3. The third kappa shape index (κ3) is 2.88. The minimum Gasteiger partial charge on any atom is -0.335 e. The Morgan fingerprint density at radius 3 is 2.78 bits per heavy atom. The molecule has 1 heterocycles. The van der Waals surface area contributed by atoms with Gasteiger partial charge in [-0.2, -0.15) is 0 Å². The predicted octanol–water partition coefficient (Wildman–Crippen LogP) is 1.56. The zero-order valence-electron chi connectivity index (χ0n) is 11.1. The number of carbonyl (C=O) groups excluding carboxylic acids is 1. The van der Waals surface area contributed by atoms with E-state index in [1.54, 1.807) is 6.20 Å². The fraction of sp³-hybridized carbons (Fsp3) is 0.571. The smallest absolute Gasteiger partial charge is 0.230 e. The van der Waals surface area contributed by atoms with Crippen molar-refractivity contribution in [2.75, 3.05) is 6.54 Å². The Hall–Kier alpha value is -1.42. The number of hydrogen-bond acceptors (Lipinski definition) is 3. The Labute approximate surface area is 108 Å². The molecule has 0 bridgehead atoms. The van der Waals surface area contributed by atoms with Crippen molar-refractivity contribution in [2.24, 2.45) is 11.1 Å². The van der Waals surface area contributed by atoms with E-state index in [0.717, 1.165) is 18.4 Å². The number of carbonyl (C=O) groups is 1. The molecule has 2 rings (SSSR count). The Morgan fingerprint density at radius 2 is 2.28 bits per heavy atom. The molecule has 0 saturated heterocycles. The van der Waals surface area contributed by atoms with Crippen LogP contribution in [0.5, 0.6) is 0 Å². The van der Waals surface area contributed by atoms with Gasteiger partial charge in [0.2, 0.25) is 5.91 Å². The zero-order chi connectivity index (χ0) is 13.2. The number of nitrogens with zero attached hydrogens (tertiary/aromatic N) is 2. The van der Waals surface area contributed by atoms with Crippen molar-refractivity contribution in [1.82, 2.24) is 9.88 Å². The number of nitrogens with two attached hydrogens (primary N) is 1. The van der Waals surface area contributed by atoms with Gasteiger partial charge in [0.1, 0.15) is 0 Å². The van der Waals surface area contributed by atoms with Crippen LogP contribution in [0.25, 0.3) is 0 Å². The van der Waals surface area contributed by atoms with Crippen molar-refractivity contribution >= 4 is 5.91 Å². The molecule has 1 aliphatic carbocycles. The van der Waals surface area contributed by atoms with E-state index < -0.39 is 5.41 Å². The van der Waals surface area contributed by atoms with E-state index in [9.17, 15) is 4.79 Å². The Kier molecular flexibility index (Phi) is 3.66. The van der Waals surface area contributed by atoms with Crippen LogP contribution in [-0.2, 0) is 11.3 Å². The van der Waals surface area contributed by atoms with Crippen molar-refractivity contribution in [3.8, 4) is 0 Å². The summed E-state index contributed by atoms with van der Waals surface area (Å²) in [5, 5.41) is 0. The fourth-order valence-corrected chi connectivity index (χ4v) is 1.92. The molecule has 0 unspecified atom stereocenters.